The van der Waals surface area contributed by atoms with Crippen molar-refractivity contribution in [1.82, 2.24) is 25.7 Å². The summed E-state index contributed by atoms with van der Waals surface area (Å²) >= 11 is 0. The number of nitrogens with zero attached hydrogens (tertiary/aromatic N) is 4. The van der Waals surface area contributed by atoms with Gasteiger partial charge in [0.15, 0.2) is 17.3 Å². The highest BCUT2D eigenvalue weighted by Crippen LogP contribution is 2.70. The summed E-state index contributed by atoms with van der Waals surface area (Å²) in [5.74, 6) is -0.251. The molecule has 2 aliphatic rings. The first-order chi connectivity index (χ1) is 18.1. The second kappa shape index (κ2) is 8.95. The van der Waals surface area contributed by atoms with Gasteiger partial charge < -0.3 is 29.9 Å². The molecule has 2 aromatic heterocycles. The summed E-state index contributed by atoms with van der Waals surface area (Å²) in [6.45, 7) is -2.61. The van der Waals surface area contributed by atoms with E-state index < -0.39 is 12.9 Å². The van der Waals surface area contributed by atoms with E-state index in [1.807, 2.05) is 5.32 Å². The first-order valence-corrected chi connectivity index (χ1v) is 10.9. The van der Waals surface area contributed by atoms with Crippen LogP contribution in [0.25, 0.3) is 11.4 Å². The van der Waals surface area contributed by atoms with Crippen molar-refractivity contribution in [1.29, 1.82) is 0 Å². The molecule has 12 heteroatoms. The zero-order valence-corrected chi connectivity index (χ0v) is 19.0. The molecule has 0 bridgehead atoms. The predicted molar refractivity (Wildman–Crippen MR) is 124 cm³/mol. The number of nitrogens with one attached hydrogen (secondary N) is 3. The third-order valence-electron chi connectivity index (χ3n) is 6.24. The molecule has 5 rings (SSSR count). The Morgan fingerprint density at radius 3 is 2.83 bits per heavy atom. The lowest BCUT2D eigenvalue weighted by Gasteiger charge is -2.16. The quantitative estimate of drug-likeness (QED) is 0.414. The summed E-state index contributed by atoms with van der Waals surface area (Å²) < 4.78 is 37.9. The number of aromatic nitrogens is 4. The van der Waals surface area contributed by atoms with Gasteiger partial charge in [-0.25, -0.2) is 0 Å². The smallest absolute Gasteiger partial charge is 0.273 e. The lowest BCUT2D eigenvalue weighted by molar-refractivity contribution is -0.117. The maximum atomic E-state index is 12.7. The zero-order chi connectivity index (χ0) is 27.1. The predicted octanol–water partition coefficient (Wildman–Crippen LogP) is 2.52. The van der Waals surface area contributed by atoms with Gasteiger partial charge >= 0.3 is 0 Å². The lowest BCUT2D eigenvalue weighted by atomic mass is 10.1. The Kier molecular flexibility index (Phi) is 4.93. The van der Waals surface area contributed by atoms with Crippen LogP contribution in [0.2, 0.25) is 0 Å². The van der Waals surface area contributed by atoms with Crippen molar-refractivity contribution in [3.63, 3.8) is 0 Å². The Morgan fingerprint density at radius 1 is 1.26 bits per heavy atom. The highest BCUT2D eigenvalue weighted by molar-refractivity contribution is 6.00. The van der Waals surface area contributed by atoms with E-state index in [1.54, 1.807) is 18.2 Å². The summed E-state index contributed by atoms with van der Waals surface area (Å²) in [6, 6.07) is 6.50. The Hall–Kier alpha value is -4.06. The fraction of sp³-hybridized carbons (Fsp3) is 0.391. The number of amides is 2. The third-order valence-corrected chi connectivity index (χ3v) is 6.24. The fourth-order valence-electron chi connectivity index (χ4n) is 4.14. The topological polar surface area (TPSA) is 153 Å². The summed E-state index contributed by atoms with van der Waals surface area (Å²) in [5, 5.41) is 19.5. The van der Waals surface area contributed by atoms with Crippen molar-refractivity contribution < 1.29 is 27.7 Å². The van der Waals surface area contributed by atoms with Crippen LogP contribution in [0.3, 0.4) is 0 Å². The molecule has 3 aromatic rings. The number of carbonyl (C=O) groups is 2. The fourth-order valence-corrected chi connectivity index (χ4v) is 4.14. The number of anilines is 3. The number of benzene rings is 1. The molecule has 2 saturated carbocycles. The molecule has 3 N–H and O–H groups in total. The second-order valence-electron chi connectivity index (χ2n) is 8.51. The Balaban J connectivity index is 1.47. The largest absolute Gasteiger partial charge is 0.494 e. The highest BCUT2D eigenvalue weighted by Gasteiger charge is 2.65. The normalized spacial score (nSPS) is 18.7. The number of methoxy groups -OCH3 is 2. The van der Waals surface area contributed by atoms with Gasteiger partial charge in [-0.1, -0.05) is 11.2 Å². The Morgan fingerprint density at radius 2 is 2.11 bits per heavy atom. The van der Waals surface area contributed by atoms with Gasteiger partial charge in [0.25, 0.3) is 11.8 Å². The molecular formula is C23H25N7O5. The van der Waals surface area contributed by atoms with Crippen molar-refractivity contribution in [3.8, 4) is 17.1 Å². The molecule has 2 aliphatic carbocycles. The van der Waals surface area contributed by atoms with Gasteiger partial charge in [0.05, 0.1) is 24.0 Å². The summed E-state index contributed by atoms with van der Waals surface area (Å²) in [5.41, 5.74) is 0.812. The second-order valence-corrected chi connectivity index (χ2v) is 8.51. The van der Waals surface area contributed by atoms with Crippen LogP contribution < -0.4 is 20.7 Å². The maximum absolute atomic E-state index is 12.7. The molecule has 1 spiro atoms. The average molecular weight is 483 g/mol. The molecule has 1 aromatic carbocycles. The van der Waals surface area contributed by atoms with E-state index in [-0.39, 0.29) is 52.8 Å². The first-order valence-electron chi connectivity index (χ1n) is 12.4. The number of hydrogen-bond donors (Lipinski definition) is 3. The standard InChI is InChI=1S/C23H25N7O5/c1-24-22(32)18-15(9-16(28-29-18)26-21(31)13-10-23(13)7-8-23)25-14-6-4-5-12(19(14)34-3)20-27-17(11-33-2)35-30-20/h4-6,9,13H,7-8,10-11H2,1-3H3,(H,24,32)(H2,25,26,28,31)/t13-/m1/s1/i1D3. The van der Waals surface area contributed by atoms with Crippen molar-refractivity contribution in [2.75, 3.05) is 31.8 Å². The van der Waals surface area contributed by atoms with Crippen molar-refractivity contribution >= 4 is 29.0 Å². The number of rotatable bonds is 9. The van der Waals surface area contributed by atoms with Crippen LogP contribution in [-0.4, -0.2) is 53.3 Å². The number of para-hydroxylation sites is 1. The highest BCUT2D eigenvalue weighted by atomic mass is 16.5. The van der Waals surface area contributed by atoms with Gasteiger partial charge in [-0.15, -0.1) is 10.2 Å². The molecule has 2 fully saturated rings. The Labute approximate surface area is 205 Å². The van der Waals surface area contributed by atoms with E-state index in [2.05, 4.69) is 31.0 Å². The van der Waals surface area contributed by atoms with Crippen LogP contribution in [0.15, 0.2) is 28.8 Å². The molecule has 35 heavy (non-hydrogen) atoms. The van der Waals surface area contributed by atoms with Gasteiger partial charge in [0.2, 0.25) is 11.7 Å². The number of hydrogen-bond acceptors (Lipinski definition) is 10. The van der Waals surface area contributed by atoms with Crippen LogP contribution in [-0.2, 0) is 16.1 Å². The molecule has 182 valence electrons. The summed E-state index contributed by atoms with van der Waals surface area (Å²) in [6.07, 6.45) is 2.94. The molecule has 2 amide bonds. The molecule has 2 heterocycles. The summed E-state index contributed by atoms with van der Waals surface area (Å²) in [4.78, 5) is 29.7. The molecule has 0 saturated heterocycles. The van der Waals surface area contributed by atoms with Crippen LogP contribution >= 0.6 is 0 Å². The van der Waals surface area contributed by atoms with E-state index in [4.69, 9.17) is 18.1 Å². The lowest BCUT2D eigenvalue weighted by Crippen LogP contribution is -2.22. The molecule has 0 unspecified atom stereocenters. The third kappa shape index (κ3) is 4.39. The average Bonchev–Trinajstić information content (AvgIpc) is 3.75. The van der Waals surface area contributed by atoms with E-state index in [0.29, 0.717) is 17.0 Å². The summed E-state index contributed by atoms with van der Waals surface area (Å²) in [7, 11) is 2.95. The monoisotopic (exact) mass is 482 g/mol. The zero-order valence-electron chi connectivity index (χ0n) is 22.0. The maximum Gasteiger partial charge on any atom is 0.273 e. The number of ether oxygens (including phenoxy) is 2. The van der Waals surface area contributed by atoms with Crippen molar-refractivity contribution in [2.24, 2.45) is 11.3 Å². The van der Waals surface area contributed by atoms with E-state index >= 15 is 0 Å². The van der Waals surface area contributed by atoms with E-state index in [1.165, 1.54) is 20.3 Å². The molecular weight excluding hydrogens is 454 g/mol. The SMILES string of the molecule is [2H]C([2H])([2H])NC(=O)c1nnc(NC(=O)[C@H]2CC23CC3)cc1Nc1cccc(-c2noc(COC)n2)c1OC. The molecule has 12 nitrogen and oxygen atoms in total. The van der Waals surface area contributed by atoms with Gasteiger partial charge in [0, 0.05) is 30.2 Å². The minimum Gasteiger partial charge on any atom is -0.494 e. The van der Waals surface area contributed by atoms with Crippen LogP contribution in [0.5, 0.6) is 5.75 Å². The molecule has 0 aliphatic heterocycles. The van der Waals surface area contributed by atoms with Gasteiger partial charge in [-0.05, 0) is 36.8 Å². The van der Waals surface area contributed by atoms with Gasteiger partial charge in [0.1, 0.15) is 6.61 Å². The van der Waals surface area contributed by atoms with Gasteiger partial charge in [-0.2, -0.15) is 4.98 Å². The van der Waals surface area contributed by atoms with Crippen molar-refractivity contribution in [3.05, 3.63) is 35.9 Å². The van der Waals surface area contributed by atoms with Crippen molar-refractivity contribution in [2.45, 2.75) is 25.9 Å². The number of carbonyl (C=O) groups excluding carboxylic acids is 2. The first kappa shape index (κ1) is 19.3. The van der Waals surface area contributed by atoms with E-state index in [0.717, 1.165) is 19.3 Å². The van der Waals surface area contributed by atoms with E-state index in [9.17, 15) is 9.59 Å². The van der Waals surface area contributed by atoms with Crippen LogP contribution in [0, 0.1) is 11.3 Å². The molecule has 0 radical (unpaired) electrons. The van der Waals surface area contributed by atoms with Crippen LogP contribution in [0.4, 0.5) is 17.2 Å². The minimum atomic E-state index is -2.75. The Bertz CT molecular complexity index is 1390. The van der Waals surface area contributed by atoms with Crippen LogP contribution in [0.1, 0.15) is 39.8 Å². The minimum absolute atomic E-state index is 0.0611. The molecule has 1 atom stereocenters. The van der Waals surface area contributed by atoms with Gasteiger partial charge in [-0.3, -0.25) is 9.59 Å².